The van der Waals surface area contributed by atoms with E-state index in [0.29, 0.717) is 18.9 Å². The summed E-state index contributed by atoms with van der Waals surface area (Å²) in [6.07, 6.45) is 1.69. The molecule has 0 radical (unpaired) electrons. The van der Waals surface area contributed by atoms with Gasteiger partial charge in [0.25, 0.3) is 0 Å². The Bertz CT molecular complexity index is 522. The van der Waals surface area contributed by atoms with E-state index in [9.17, 15) is 9.90 Å². The van der Waals surface area contributed by atoms with Crippen LogP contribution in [-0.4, -0.2) is 85.2 Å². The number of carbonyl (C=O) groups is 1. The van der Waals surface area contributed by atoms with Crippen molar-refractivity contribution in [3.05, 3.63) is 22.4 Å². The van der Waals surface area contributed by atoms with Crippen molar-refractivity contribution in [2.45, 2.75) is 12.8 Å². The third kappa shape index (κ3) is 4.57. The fourth-order valence-electron chi connectivity index (χ4n) is 3.85. The number of aliphatic hydroxyl groups excluding tert-OH is 1. The Kier molecular flexibility index (Phi) is 6.27. The van der Waals surface area contributed by atoms with E-state index in [2.05, 4.69) is 16.8 Å². The van der Waals surface area contributed by atoms with Crippen molar-refractivity contribution in [1.29, 1.82) is 0 Å². The maximum atomic E-state index is 12.5. The summed E-state index contributed by atoms with van der Waals surface area (Å²) in [6, 6.07) is 2.02. The fourth-order valence-corrected chi connectivity index (χ4v) is 4.52. The van der Waals surface area contributed by atoms with Gasteiger partial charge in [0.05, 0.1) is 6.42 Å². The second-order valence-corrected chi connectivity index (χ2v) is 8.05. The molecule has 24 heavy (non-hydrogen) atoms. The normalized spacial score (nSPS) is 26.7. The zero-order chi connectivity index (χ0) is 16.9. The summed E-state index contributed by atoms with van der Waals surface area (Å²) in [6.45, 7) is 7.17. The summed E-state index contributed by atoms with van der Waals surface area (Å²) in [5.41, 5.74) is 1.10. The van der Waals surface area contributed by atoms with Crippen LogP contribution >= 0.6 is 11.3 Å². The summed E-state index contributed by atoms with van der Waals surface area (Å²) in [7, 11) is 2.18. The third-order valence-electron chi connectivity index (χ3n) is 5.40. The number of carbonyl (C=O) groups excluding carboxylic acids is 1. The van der Waals surface area contributed by atoms with E-state index in [4.69, 9.17) is 0 Å². The maximum absolute atomic E-state index is 12.5. The topological polar surface area (TPSA) is 47.0 Å². The first-order valence-electron chi connectivity index (χ1n) is 8.96. The van der Waals surface area contributed by atoms with Gasteiger partial charge in [0.2, 0.25) is 5.91 Å². The van der Waals surface area contributed by atoms with E-state index in [1.54, 1.807) is 11.3 Å². The molecule has 2 fully saturated rings. The van der Waals surface area contributed by atoms with E-state index in [0.717, 1.165) is 44.8 Å². The lowest BCUT2D eigenvalue weighted by atomic mass is 9.96. The summed E-state index contributed by atoms with van der Waals surface area (Å²) < 4.78 is 0. The lowest BCUT2D eigenvalue weighted by Crippen LogP contribution is -2.36. The smallest absolute Gasteiger partial charge is 0.227 e. The summed E-state index contributed by atoms with van der Waals surface area (Å²) in [5, 5.41) is 13.8. The van der Waals surface area contributed by atoms with Crippen LogP contribution in [0.25, 0.3) is 0 Å². The predicted molar refractivity (Wildman–Crippen MR) is 97.2 cm³/mol. The Morgan fingerprint density at radius 2 is 2.08 bits per heavy atom. The van der Waals surface area contributed by atoms with Gasteiger partial charge in [0.15, 0.2) is 0 Å². The van der Waals surface area contributed by atoms with Crippen molar-refractivity contribution in [3.63, 3.8) is 0 Å². The highest BCUT2D eigenvalue weighted by molar-refractivity contribution is 7.07. The minimum Gasteiger partial charge on any atom is -0.396 e. The minimum atomic E-state index is 0.181. The molecule has 3 rings (SSSR count). The van der Waals surface area contributed by atoms with E-state index in [1.165, 1.54) is 6.42 Å². The Labute approximate surface area is 148 Å². The van der Waals surface area contributed by atoms with Gasteiger partial charge in [-0.2, -0.15) is 11.3 Å². The van der Waals surface area contributed by atoms with Crippen molar-refractivity contribution in [1.82, 2.24) is 14.7 Å². The SMILES string of the molecule is CN1CCCN(CC2CN(C(=O)Cc3ccsc3)CC2CO)CC1. The van der Waals surface area contributed by atoms with Gasteiger partial charge in [-0.25, -0.2) is 0 Å². The Morgan fingerprint density at radius 1 is 1.25 bits per heavy atom. The van der Waals surface area contributed by atoms with E-state index in [-0.39, 0.29) is 18.4 Å². The Hall–Kier alpha value is -0.950. The number of hydrogen-bond donors (Lipinski definition) is 1. The van der Waals surface area contributed by atoms with Crippen LogP contribution in [-0.2, 0) is 11.2 Å². The number of nitrogens with zero attached hydrogens (tertiary/aromatic N) is 3. The number of thiophene rings is 1. The van der Waals surface area contributed by atoms with Gasteiger partial charge in [0.1, 0.15) is 0 Å². The molecule has 0 aliphatic carbocycles. The molecule has 1 N–H and O–H groups in total. The first-order valence-corrected chi connectivity index (χ1v) is 9.90. The average Bonchev–Trinajstić information content (AvgIpc) is 3.17. The molecule has 2 unspecified atom stereocenters. The van der Waals surface area contributed by atoms with E-state index in [1.807, 2.05) is 21.7 Å². The molecular weight excluding hydrogens is 322 g/mol. The van der Waals surface area contributed by atoms with Crippen LogP contribution in [0.1, 0.15) is 12.0 Å². The molecule has 0 bridgehead atoms. The summed E-state index contributed by atoms with van der Waals surface area (Å²) in [4.78, 5) is 19.4. The van der Waals surface area contributed by atoms with Gasteiger partial charge >= 0.3 is 0 Å². The Balaban J connectivity index is 1.54. The fraction of sp³-hybridized carbons (Fsp3) is 0.722. The van der Waals surface area contributed by atoms with Crippen LogP contribution in [0, 0.1) is 11.8 Å². The zero-order valence-electron chi connectivity index (χ0n) is 14.6. The van der Waals surface area contributed by atoms with Crippen LogP contribution in [0.2, 0.25) is 0 Å². The van der Waals surface area contributed by atoms with Gasteiger partial charge in [-0.05, 0) is 54.9 Å². The maximum Gasteiger partial charge on any atom is 0.227 e. The minimum absolute atomic E-state index is 0.181. The number of amides is 1. The average molecular weight is 352 g/mol. The molecule has 2 atom stereocenters. The van der Waals surface area contributed by atoms with Gasteiger partial charge in [-0.1, -0.05) is 0 Å². The highest BCUT2D eigenvalue weighted by Crippen LogP contribution is 2.25. The standard InChI is InChI=1S/C18H29N3O2S/c1-19-4-2-5-20(7-6-19)10-16-11-21(12-17(16)13-22)18(23)9-15-3-8-24-14-15/h3,8,14,16-17,22H,2,4-7,9-13H2,1H3. The summed E-state index contributed by atoms with van der Waals surface area (Å²) in [5.74, 6) is 0.812. The lowest BCUT2D eigenvalue weighted by Gasteiger charge is -2.26. The Morgan fingerprint density at radius 3 is 2.83 bits per heavy atom. The number of rotatable bonds is 5. The molecule has 1 amide bonds. The predicted octanol–water partition coefficient (Wildman–Crippen LogP) is 0.995. The second kappa shape index (κ2) is 8.43. The molecule has 0 saturated carbocycles. The number of hydrogen-bond acceptors (Lipinski definition) is 5. The van der Waals surface area contributed by atoms with Gasteiger partial charge in [-0.15, -0.1) is 0 Å². The number of likely N-dealkylation sites (tertiary alicyclic amines) is 1. The monoisotopic (exact) mass is 351 g/mol. The number of likely N-dealkylation sites (N-methyl/N-ethyl adjacent to an activating group) is 1. The molecule has 0 aromatic carbocycles. The highest BCUT2D eigenvalue weighted by Gasteiger charge is 2.35. The molecule has 6 heteroatoms. The van der Waals surface area contributed by atoms with Gasteiger partial charge in [-0.3, -0.25) is 4.79 Å². The molecule has 3 heterocycles. The summed E-state index contributed by atoms with van der Waals surface area (Å²) >= 11 is 1.63. The quantitative estimate of drug-likeness (QED) is 0.860. The molecule has 2 saturated heterocycles. The first kappa shape index (κ1) is 17.9. The third-order valence-corrected chi connectivity index (χ3v) is 6.14. The second-order valence-electron chi connectivity index (χ2n) is 7.27. The van der Waals surface area contributed by atoms with Crippen molar-refractivity contribution >= 4 is 17.2 Å². The van der Waals surface area contributed by atoms with Crippen LogP contribution in [0.4, 0.5) is 0 Å². The molecule has 2 aliphatic rings. The van der Waals surface area contributed by atoms with Crippen molar-refractivity contribution in [3.8, 4) is 0 Å². The van der Waals surface area contributed by atoms with Crippen LogP contribution in [0.15, 0.2) is 16.8 Å². The molecule has 0 spiro atoms. The van der Waals surface area contributed by atoms with Crippen molar-refractivity contribution in [2.24, 2.45) is 11.8 Å². The molecule has 1 aromatic rings. The van der Waals surface area contributed by atoms with Gasteiger partial charge < -0.3 is 19.8 Å². The van der Waals surface area contributed by atoms with Crippen LogP contribution in [0.3, 0.4) is 0 Å². The molecule has 134 valence electrons. The van der Waals surface area contributed by atoms with Crippen molar-refractivity contribution in [2.75, 3.05) is 59.5 Å². The lowest BCUT2D eigenvalue weighted by molar-refractivity contribution is -0.129. The van der Waals surface area contributed by atoms with Crippen LogP contribution < -0.4 is 0 Å². The zero-order valence-corrected chi connectivity index (χ0v) is 15.4. The molecular formula is C18H29N3O2S. The van der Waals surface area contributed by atoms with Gasteiger partial charge in [0, 0.05) is 45.2 Å². The molecule has 5 nitrogen and oxygen atoms in total. The van der Waals surface area contributed by atoms with Crippen LogP contribution in [0.5, 0.6) is 0 Å². The largest absolute Gasteiger partial charge is 0.396 e. The van der Waals surface area contributed by atoms with E-state index < -0.39 is 0 Å². The molecule has 2 aliphatic heterocycles. The first-order chi connectivity index (χ1) is 11.7. The highest BCUT2D eigenvalue weighted by atomic mass is 32.1. The van der Waals surface area contributed by atoms with Crippen molar-refractivity contribution < 1.29 is 9.90 Å². The van der Waals surface area contributed by atoms with E-state index >= 15 is 0 Å². The number of aliphatic hydroxyl groups is 1. The molecule has 1 aromatic heterocycles.